The number of nitrogens with two attached hydrogens (primary N) is 1. The Morgan fingerprint density at radius 1 is 1.13 bits per heavy atom. The van der Waals surface area contributed by atoms with Crippen molar-refractivity contribution in [3.05, 3.63) is 70.9 Å². The molecule has 0 spiro atoms. The first-order valence-electron chi connectivity index (χ1n) is 6.89. The van der Waals surface area contributed by atoms with E-state index < -0.39 is 0 Å². The summed E-state index contributed by atoms with van der Waals surface area (Å²) in [5.41, 5.74) is 7.55. The zero-order valence-corrected chi connectivity index (χ0v) is 13.1. The molecule has 0 atom stereocenters. The highest BCUT2D eigenvalue weighted by Crippen LogP contribution is 2.24. The maximum atomic E-state index is 12.6. The zero-order chi connectivity index (χ0) is 16.4. The Bertz CT molecular complexity index is 857. The minimum atomic E-state index is -0.257. The van der Waals surface area contributed by atoms with E-state index in [9.17, 15) is 4.79 Å². The maximum absolute atomic E-state index is 12.6. The summed E-state index contributed by atoms with van der Waals surface area (Å²) in [4.78, 5) is 12.6. The van der Waals surface area contributed by atoms with Crippen molar-refractivity contribution in [2.45, 2.75) is 0 Å². The molecule has 2 aromatic carbocycles. The van der Waals surface area contributed by atoms with Crippen LogP contribution in [0.3, 0.4) is 0 Å². The number of halogens is 1. The summed E-state index contributed by atoms with van der Waals surface area (Å²) < 4.78 is 6.62. The van der Waals surface area contributed by atoms with Crippen molar-refractivity contribution in [3.8, 4) is 11.4 Å². The SMILES string of the molecule is COc1ccc(-n2ncc(C(=O)c3ccccc3Cl)c2N)cc1. The molecule has 3 rings (SSSR count). The second-order valence-corrected chi connectivity index (χ2v) is 5.27. The minimum absolute atomic E-state index is 0.257. The first kappa shape index (κ1) is 15.1. The molecule has 0 unspecified atom stereocenters. The van der Waals surface area contributed by atoms with E-state index in [-0.39, 0.29) is 11.6 Å². The number of nitrogens with zero attached hydrogens (tertiary/aromatic N) is 2. The number of anilines is 1. The van der Waals surface area contributed by atoms with E-state index in [1.54, 1.807) is 43.5 Å². The number of rotatable bonds is 4. The van der Waals surface area contributed by atoms with Gasteiger partial charge in [0.2, 0.25) is 0 Å². The van der Waals surface area contributed by atoms with E-state index in [0.717, 1.165) is 11.4 Å². The highest BCUT2D eigenvalue weighted by Gasteiger charge is 2.19. The Morgan fingerprint density at radius 2 is 1.83 bits per heavy atom. The lowest BCUT2D eigenvalue weighted by atomic mass is 10.1. The number of hydrogen-bond acceptors (Lipinski definition) is 4. The molecule has 0 aliphatic heterocycles. The van der Waals surface area contributed by atoms with Gasteiger partial charge in [0.05, 0.1) is 29.6 Å². The standard InChI is InChI=1S/C17H14ClN3O2/c1-23-12-8-6-11(7-9-12)21-17(19)14(10-20-21)16(22)13-4-2-3-5-15(13)18/h2-10H,19H2,1H3. The van der Waals surface area contributed by atoms with E-state index in [1.807, 2.05) is 12.1 Å². The van der Waals surface area contributed by atoms with Crippen LogP contribution in [0.2, 0.25) is 5.02 Å². The number of nitrogen functional groups attached to an aromatic ring is 1. The average molecular weight is 328 g/mol. The quantitative estimate of drug-likeness (QED) is 0.746. The van der Waals surface area contributed by atoms with Crippen LogP contribution >= 0.6 is 11.6 Å². The third-order valence-corrected chi connectivity index (χ3v) is 3.82. The Morgan fingerprint density at radius 3 is 2.48 bits per heavy atom. The molecule has 6 heteroatoms. The van der Waals surface area contributed by atoms with Crippen molar-refractivity contribution in [1.82, 2.24) is 9.78 Å². The molecule has 3 aromatic rings. The Labute approximate surface area is 138 Å². The molecule has 116 valence electrons. The van der Waals surface area contributed by atoms with Crippen LogP contribution in [-0.2, 0) is 0 Å². The summed E-state index contributed by atoms with van der Waals surface area (Å²) in [5.74, 6) is 0.736. The highest BCUT2D eigenvalue weighted by atomic mass is 35.5. The van der Waals surface area contributed by atoms with Gasteiger partial charge in [0.1, 0.15) is 11.6 Å². The summed E-state index contributed by atoms with van der Waals surface area (Å²) in [6, 6.07) is 14.1. The van der Waals surface area contributed by atoms with Crippen LogP contribution < -0.4 is 10.5 Å². The van der Waals surface area contributed by atoms with E-state index in [4.69, 9.17) is 22.1 Å². The Balaban J connectivity index is 1.99. The molecule has 1 heterocycles. The monoisotopic (exact) mass is 327 g/mol. The van der Waals surface area contributed by atoms with Crippen LogP contribution in [0.1, 0.15) is 15.9 Å². The van der Waals surface area contributed by atoms with Crippen LogP contribution in [0.4, 0.5) is 5.82 Å². The summed E-state index contributed by atoms with van der Waals surface area (Å²) in [6.07, 6.45) is 1.45. The van der Waals surface area contributed by atoms with Crippen molar-refractivity contribution >= 4 is 23.2 Å². The third-order valence-electron chi connectivity index (χ3n) is 3.49. The number of aromatic nitrogens is 2. The van der Waals surface area contributed by atoms with Crippen LogP contribution in [0.5, 0.6) is 5.75 Å². The molecule has 0 saturated heterocycles. The van der Waals surface area contributed by atoms with Gasteiger partial charge in [0.25, 0.3) is 0 Å². The molecule has 0 radical (unpaired) electrons. The predicted molar refractivity (Wildman–Crippen MR) is 89.4 cm³/mol. The van der Waals surface area contributed by atoms with Gasteiger partial charge in [0.15, 0.2) is 5.78 Å². The number of ketones is 1. The number of ether oxygens (including phenoxy) is 1. The minimum Gasteiger partial charge on any atom is -0.497 e. The van der Waals surface area contributed by atoms with Crippen molar-refractivity contribution in [3.63, 3.8) is 0 Å². The third kappa shape index (κ3) is 2.78. The van der Waals surface area contributed by atoms with Crippen LogP contribution in [0.25, 0.3) is 5.69 Å². The first-order chi connectivity index (χ1) is 11.1. The van der Waals surface area contributed by atoms with Crippen molar-refractivity contribution in [1.29, 1.82) is 0 Å². The lowest BCUT2D eigenvalue weighted by Gasteiger charge is -2.07. The molecule has 0 fully saturated rings. The molecule has 5 nitrogen and oxygen atoms in total. The molecule has 0 aliphatic carbocycles. The lowest BCUT2D eigenvalue weighted by molar-refractivity contribution is 0.103. The Kier molecular flexibility index (Phi) is 4.04. The number of methoxy groups -OCH3 is 1. The number of carbonyl (C=O) groups is 1. The zero-order valence-electron chi connectivity index (χ0n) is 12.4. The van der Waals surface area contributed by atoms with Gasteiger partial charge < -0.3 is 10.5 Å². The second kappa shape index (κ2) is 6.14. The van der Waals surface area contributed by atoms with Gasteiger partial charge >= 0.3 is 0 Å². The van der Waals surface area contributed by atoms with Crippen LogP contribution in [0.15, 0.2) is 54.7 Å². The van der Waals surface area contributed by atoms with Gasteiger partial charge in [-0.1, -0.05) is 23.7 Å². The molecule has 2 N–H and O–H groups in total. The topological polar surface area (TPSA) is 70.1 Å². The molecule has 1 aromatic heterocycles. The molecule has 0 saturated carbocycles. The van der Waals surface area contributed by atoms with E-state index in [0.29, 0.717) is 16.1 Å². The van der Waals surface area contributed by atoms with Crippen molar-refractivity contribution < 1.29 is 9.53 Å². The predicted octanol–water partition coefficient (Wildman–Crippen LogP) is 3.35. The highest BCUT2D eigenvalue weighted by molar-refractivity contribution is 6.35. The fourth-order valence-electron chi connectivity index (χ4n) is 2.25. The molecular formula is C17H14ClN3O2. The lowest BCUT2D eigenvalue weighted by Crippen LogP contribution is -2.07. The van der Waals surface area contributed by atoms with Crippen LogP contribution in [0, 0.1) is 0 Å². The number of hydrogen-bond donors (Lipinski definition) is 1. The summed E-state index contributed by atoms with van der Waals surface area (Å²) in [6.45, 7) is 0. The summed E-state index contributed by atoms with van der Waals surface area (Å²) in [5, 5.41) is 4.59. The molecule has 0 aliphatic rings. The van der Waals surface area contributed by atoms with Gasteiger partial charge in [-0.15, -0.1) is 0 Å². The summed E-state index contributed by atoms with van der Waals surface area (Å²) in [7, 11) is 1.59. The van der Waals surface area contributed by atoms with Gasteiger partial charge in [-0.3, -0.25) is 4.79 Å². The van der Waals surface area contributed by atoms with Crippen molar-refractivity contribution in [2.24, 2.45) is 0 Å². The molecule has 0 amide bonds. The van der Waals surface area contributed by atoms with Gasteiger partial charge in [-0.05, 0) is 36.4 Å². The number of benzene rings is 2. The van der Waals surface area contributed by atoms with E-state index in [2.05, 4.69) is 5.10 Å². The van der Waals surface area contributed by atoms with Gasteiger partial charge in [-0.25, -0.2) is 4.68 Å². The average Bonchev–Trinajstić information content (AvgIpc) is 2.96. The molecule has 0 bridgehead atoms. The first-order valence-corrected chi connectivity index (χ1v) is 7.26. The van der Waals surface area contributed by atoms with Gasteiger partial charge in [-0.2, -0.15) is 5.10 Å². The van der Waals surface area contributed by atoms with E-state index in [1.165, 1.54) is 10.9 Å². The molecular weight excluding hydrogens is 314 g/mol. The van der Waals surface area contributed by atoms with Gasteiger partial charge in [0, 0.05) is 5.56 Å². The van der Waals surface area contributed by atoms with E-state index >= 15 is 0 Å². The fourth-order valence-corrected chi connectivity index (χ4v) is 2.47. The maximum Gasteiger partial charge on any atom is 0.199 e. The Hall–Kier alpha value is -2.79. The van der Waals surface area contributed by atoms with Crippen LogP contribution in [-0.4, -0.2) is 22.7 Å². The second-order valence-electron chi connectivity index (χ2n) is 4.86. The van der Waals surface area contributed by atoms with Crippen molar-refractivity contribution in [2.75, 3.05) is 12.8 Å². The summed E-state index contributed by atoms with van der Waals surface area (Å²) >= 11 is 6.08. The normalized spacial score (nSPS) is 10.5. The smallest absolute Gasteiger partial charge is 0.199 e. The number of carbonyl (C=O) groups excluding carboxylic acids is 1. The molecule has 23 heavy (non-hydrogen) atoms. The fraction of sp³-hybridized carbons (Fsp3) is 0.0588. The largest absolute Gasteiger partial charge is 0.497 e.